The molecule has 3 rings (SSSR count). The lowest BCUT2D eigenvalue weighted by molar-refractivity contribution is -0.747. The van der Waals surface area contributed by atoms with E-state index in [0.717, 1.165) is 0 Å². The van der Waals surface area contributed by atoms with Crippen molar-refractivity contribution in [2.75, 3.05) is 0 Å². The Morgan fingerprint density at radius 3 is 2.78 bits per heavy atom. The average Bonchev–Trinajstić information content (AvgIpc) is 2.91. The predicted molar refractivity (Wildman–Crippen MR) is 77.4 cm³/mol. The summed E-state index contributed by atoms with van der Waals surface area (Å²) in [5, 5.41) is 20.0. The Labute approximate surface area is 134 Å². The van der Waals surface area contributed by atoms with Crippen LogP contribution >= 0.6 is 20.0 Å². The number of fused-ring (bicyclic) bond motifs is 1. The van der Waals surface area contributed by atoms with Gasteiger partial charge in [0.15, 0.2) is 11.8 Å². The van der Waals surface area contributed by atoms with Crippen LogP contribution < -0.4 is 4.57 Å². The van der Waals surface area contributed by atoms with Crippen LogP contribution in [0, 0.1) is 4.51 Å². The topological polar surface area (TPSA) is 141 Å². The Morgan fingerprint density at radius 1 is 1.43 bits per heavy atom. The number of phosphoric acid groups is 1. The summed E-state index contributed by atoms with van der Waals surface area (Å²) in [5.41, 5.74) is 1.19. The van der Waals surface area contributed by atoms with Crippen molar-refractivity contribution in [3.8, 4) is 0 Å². The molecule has 3 heterocycles. The van der Waals surface area contributed by atoms with Crippen molar-refractivity contribution in [1.29, 1.82) is 0 Å². The molecule has 0 radical (unpaired) electrons. The molecule has 1 fully saturated rings. The van der Waals surface area contributed by atoms with Crippen molar-refractivity contribution >= 4 is 31.2 Å². The molecule has 1 aliphatic rings. The zero-order valence-corrected chi connectivity index (χ0v) is 13.5. The van der Waals surface area contributed by atoms with Gasteiger partial charge in [-0.05, 0) is 6.07 Å². The molecular weight excluding hydrogens is 349 g/mol. The summed E-state index contributed by atoms with van der Waals surface area (Å²) in [4.78, 5) is 20.6. The highest BCUT2D eigenvalue weighted by molar-refractivity contribution is 7.71. The SMILES string of the molecule is Cn1c[n+](C2OC(OP(=O)(O)O)C(O)C2O)c2[nH]ccc(=S)c21. The van der Waals surface area contributed by atoms with Gasteiger partial charge >= 0.3 is 7.82 Å². The number of ether oxygens (including phenoxy) is 1. The number of rotatable bonds is 3. The third-order valence-electron chi connectivity index (χ3n) is 3.53. The zero-order valence-electron chi connectivity index (χ0n) is 11.8. The molecule has 2 aromatic rings. The molecule has 0 spiro atoms. The number of nitrogens with one attached hydrogen (secondary N) is 1. The molecule has 0 aromatic carbocycles. The molecule has 2 aromatic heterocycles. The molecule has 0 amide bonds. The van der Waals surface area contributed by atoms with Crippen LogP contribution in [0.2, 0.25) is 0 Å². The van der Waals surface area contributed by atoms with E-state index in [9.17, 15) is 14.8 Å². The Balaban J connectivity index is 2.01. The van der Waals surface area contributed by atoms with Crippen molar-refractivity contribution in [3.63, 3.8) is 0 Å². The number of nitrogens with zero attached hydrogens (tertiary/aromatic N) is 2. The molecule has 12 heteroatoms. The summed E-state index contributed by atoms with van der Waals surface area (Å²) in [5.74, 6) is 0. The highest BCUT2D eigenvalue weighted by Gasteiger charge is 2.49. The van der Waals surface area contributed by atoms with Gasteiger partial charge in [-0.2, -0.15) is 0 Å². The van der Waals surface area contributed by atoms with E-state index in [4.69, 9.17) is 26.7 Å². The summed E-state index contributed by atoms with van der Waals surface area (Å²) in [6.07, 6.45) is -2.66. The van der Waals surface area contributed by atoms with Crippen LogP contribution in [-0.2, 0) is 20.9 Å². The number of phosphoric ester groups is 1. The minimum absolute atomic E-state index is 0.521. The van der Waals surface area contributed by atoms with Gasteiger partial charge in [0.05, 0.1) is 17.8 Å². The fourth-order valence-corrected chi connectivity index (χ4v) is 3.33. The van der Waals surface area contributed by atoms with Crippen LogP contribution in [0.3, 0.4) is 0 Å². The van der Waals surface area contributed by atoms with E-state index < -0.39 is 32.5 Å². The van der Waals surface area contributed by atoms with Gasteiger partial charge in [-0.15, -0.1) is 0 Å². The average molecular weight is 364 g/mol. The first kappa shape index (κ1) is 16.7. The molecule has 5 N–H and O–H groups in total. The highest BCUT2D eigenvalue weighted by atomic mass is 32.1. The number of H-pyrrole nitrogens is 1. The molecule has 126 valence electrons. The van der Waals surface area contributed by atoms with Crippen molar-refractivity contribution in [3.05, 3.63) is 23.1 Å². The smallest absolute Gasteiger partial charge is 0.385 e. The Hall–Kier alpha value is -1.17. The first-order chi connectivity index (χ1) is 10.7. The van der Waals surface area contributed by atoms with E-state index in [2.05, 4.69) is 9.51 Å². The first-order valence-corrected chi connectivity index (χ1v) is 8.46. The number of hydrogen-bond donors (Lipinski definition) is 5. The van der Waals surface area contributed by atoms with Gasteiger partial charge in [-0.3, -0.25) is 14.1 Å². The maximum atomic E-state index is 10.9. The van der Waals surface area contributed by atoms with E-state index in [1.807, 2.05) is 0 Å². The van der Waals surface area contributed by atoms with Crippen LogP contribution in [0.15, 0.2) is 18.6 Å². The van der Waals surface area contributed by atoms with Gasteiger partial charge < -0.3 is 24.7 Å². The van der Waals surface area contributed by atoms with Crippen molar-refractivity contribution in [2.45, 2.75) is 24.7 Å². The highest BCUT2D eigenvalue weighted by Crippen LogP contribution is 2.42. The van der Waals surface area contributed by atoms with Crippen molar-refractivity contribution < 1.29 is 38.4 Å². The lowest BCUT2D eigenvalue weighted by atomic mass is 10.2. The third-order valence-corrected chi connectivity index (χ3v) is 4.34. The Bertz CT molecular complexity index is 846. The Morgan fingerprint density at radius 2 is 2.13 bits per heavy atom. The van der Waals surface area contributed by atoms with Gasteiger partial charge in [0.2, 0.25) is 12.5 Å². The fourth-order valence-electron chi connectivity index (χ4n) is 2.57. The summed E-state index contributed by atoms with van der Waals surface area (Å²) < 4.78 is 24.3. The normalized spacial score (nSPS) is 28.6. The van der Waals surface area contributed by atoms with Crippen molar-refractivity contribution in [2.24, 2.45) is 7.05 Å². The number of imidazole rings is 1. The lowest BCUT2D eigenvalue weighted by Gasteiger charge is -2.14. The van der Waals surface area contributed by atoms with E-state index in [-0.39, 0.29) is 0 Å². The first-order valence-electron chi connectivity index (χ1n) is 6.52. The van der Waals surface area contributed by atoms with Crippen LogP contribution in [0.5, 0.6) is 0 Å². The second-order valence-corrected chi connectivity index (χ2v) is 6.78. The summed E-state index contributed by atoms with van der Waals surface area (Å²) in [6, 6.07) is 1.70. The van der Waals surface area contributed by atoms with Crippen LogP contribution in [-0.4, -0.2) is 48.0 Å². The summed E-state index contributed by atoms with van der Waals surface area (Å²) >= 11 is 5.24. The molecule has 0 saturated carbocycles. The quantitative estimate of drug-likeness (QED) is 0.271. The fraction of sp³-hybridized carbons (Fsp3) is 0.455. The van der Waals surface area contributed by atoms with E-state index in [1.165, 1.54) is 4.57 Å². The van der Waals surface area contributed by atoms with E-state index in [0.29, 0.717) is 15.7 Å². The molecule has 1 aliphatic heterocycles. The molecular formula is C11H15N3O7PS+. The lowest BCUT2D eigenvalue weighted by Crippen LogP contribution is -2.45. The minimum atomic E-state index is -4.88. The second-order valence-electron chi connectivity index (χ2n) is 5.14. The van der Waals surface area contributed by atoms with Gasteiger partial charge in [0.25, 0.3) is 5.65 Å². The molecule has 0 bridgehead atoms. The summed E-state index contributed by atoms with van der Waals surface area (Å²) in [6.45, 7) is 0. The van der Waals surface area contributed by atoms with Gasteiger partial charge in [-0.1, -0.05) is 12.2 Å². The number of aliphatic hydroxyl groups excluding tert-OH is 2. The molecule has 0 aliphatic carbocycles. The van der Waals surface area contributed by atoms with Gasteiger partial charge in [-0.25, -0.2) is 9.13 Å². The maximum Gasteiger partial charge on any atom is 0.472 e. The van der Waals surface area contributed by atoms with Crippen molar-refractivity contribution in [1.82, 2.24) is 9.55 Å². The zero-order chi connectivity index (χ0) is 16.9. The van der Waals surface area contributed by atoms with Crippen LogP contribution in [0.25, 0.3) is 11.2 Å². The Kier molecular flexibility index (Phi) is 4.15. The third kappa shape index (κ3) is 2.97. The largest absolute Gasteiger partial charge is 0.472 e. The second kappa shape index (κ2) is 5.72. The molecule has 23 heavy (non-hydrogen) atoms. The molecule has 4 unspecified atom stereocenters. The summed E-state index contributed by atoms with van der Waals surface area (Å²) in [7, 11) is -3.14. The van der Waals surface area contributed by atoms with E-state index >= 15 is 0 Å². The maximum absolute atomic E-state index is 10.9. The number of aliphatic hydroxyl groups is 2. The number of aromatic nitrogens is 3. The monoisotopic (exact) mass is 364 g/mol. The van der Waals surface area contributed by atoms with Gasteiger partial charge in [0.1, 0.15) is 12.2 Å². The van der Waals surface area contributed by atoms with Gasteiger partial charge in [0, 0.05) is 0 Å². The minimum Gasteiger partial charge on any atom is -0.385 e. The number of hydrogen-bond acceptors (Lipinski definition) is 6. The van der Waals surface area contributed by atoms with Crippen LogP contribution in [0.1, 0.15) is 6.23 Å². The molecule has 1 saturated heterocycles. The number of aromatic amines is 1. The number of aryl methyl sites for hydroxylation is 1. The van der Waals surface area contributed by atoms with E-state index in [1.54, 1.807) is 30.2 Å². The van der Waals surface area contributed by atoms with Crippen LogP contribution in [0.4, 0.5) is 0 Å². The number of pyridine rings is 1. The predicted octanol–water partition coefficient (Wildman–Crippen LogP) is -0.791. The standard InChI is InChI=1S/C11H14N3O7PS/c1-13-4-14(9-6(13)5(23)2-3-12-9)10-7(15)8(16)11(20-10)21-22(17,18)19/h2-4,7-8,10-11,15-16H,1H3,(H2-,12,17,18,19,23)/p+1. The molecule has 4 atom stereocenters. The molecule has 10 nitrogen and oxygen atoms in total.